The Morgan fingerprint density at radius 2 is 1.52 bits per heavy atom. The number of carbonyl (C=O) groups is 2. The summed E-state index contributed by atoms with van der Waals surface area (Å²) in [6.45, 7) is 1.30. The van der Waals surface area contributed by atoms with Gasteiger partial charge in [-0.2, -0.15) is 0 Å². The SMILES string of the molecule is O=C1c2ccccc2C(=O)N1CCOCCOc1ccncc1. The lowest BCUT2D eigenvalue weighted by atomic mass is 10.1. The maximum atomic E-state index is 12.1. The van der Waals surface area contributed by atoms with Gasteiger partial charge >= 0.3 is 0 Å². The van der Waals surface area contributed by atoms with Gasteiger partial charge in [-0.3, -0.25) is 19.5 Å². The fourth-order valence-corrected chi connectivity index (χ4v) is 2.35. The van der Waals surface area contributed by atoms with Crippen molar-refractivity contribution in [3.8, 4) is 5.75 Å². The third-order valence-electron chi connectivity index (χ3n) is 3.48. The number of hydrogen-bond acceptors (Lipinski definition) is 5. The standard InChI is InChI=1S/C17H16N2O4/c20-16-14-3-1-2-4-15(14)17(21)19(16)9-10-22-11-12-23-13-5-7-18-8-6-13/h1-8H,9-12H2. The van der Waals surface area contributed by atoms with E-state index in [1.165, 1.54) is 4.90 Å². The molecule has 23 heavy (non-hydrogen) atoms. The molecule has 6 nitrogen and oxygen atoms in total. The Balaban J connectivity index is 1.40. The van der Waals surface area contributed by atoms with Crippen LogP contribution in [0.4, 0.5) is 0 Å². The Morgan fingerprint density at radius 3 is 2.17 bits per heavy atom. The first-order valence-electron chi connectivity index (χ1n) is 7.33. The number of benzene rings is 1. The minimum atomic E-state index is -0.262. The summed E-state index contributed by atoms with van der Waals surface area (Å²) >= 11 is 0. The van der Waals surface area contributed by atoms with E-state index in [9.17, 15) is 9.59 Å². The molecule has 0 atom stereocenters. The zero-order valence-electron chi connectivity index (χ0n) is 12.5. The lowest BCUT2D eigenvalue weighted by Crippen LogP contribution is -2.33. The molecule has 0 bridgehead atoms. The maximum absolute atomic E-state index is 12.1. The summed E-state index contributed by atoms with van der Waals surface area (Å²) in [6, 6.07) is 10.4. The van der Waals surface area contributed by atoms with E-state index in [4.69, 9.17) is 9.47 Å². The second-order valence-corrected chi connectivity index (χ2v) is 4.95. The normalized spacial score (nSPS) is 13.3. The average molecular weight is 312 g/mol. The van der Waals surface area contributed by atoms with Gasteiger partial charge in [-0.1, -0.05) is 12.1 Å². The molecule has 2 heterocycles. The van der Waals surface area contributed by atoms with E-state index in [1.807, 2.05) is 0 Å². The third-order valence-corrected chi connectivity index (χ3v) is 3.48. The van der Waals surface area contributed by atoms with Crippen molar-refractivity contribution in [1.29, 1.82) is 0 Å². The van der Waals surface area contributed by atoms with Crippen molar-refractivity contribution in [2.75, 3.05) is 26.4 Å². The van der Waals surface area contributed by atoms with Gasteiger partial charge in [0.2, 0.25) is 0 Å². The topological polar surface area (TPSA) is 68.7 Å². The Morgan fingerprint density at radius 1 is 0.870 bits per heavy atom. The van der Waals surface area contributed by atoms with Gasteiger partial charge in [0.15, 0.2) is 0 Å². The highest BCUT2D eigenvalue weighted by molar-refractivity contribution is 6.21. The van der Waals surface area contributed by atoms with Crippen molar-refractivity contribution in [3.63, 3.8) is 0 Å². The second kappa shape index (κ2) is 7.02. The molecule has 2 amide bonds. The fraction of sp³-hybridized carbons (Fsp3) is 0.235. The van der Waals surface area contributed by atoms with Crippen molar-refractivity contribution in [2.45, 2.75) is 0 Å². The Kier molecular flexibility index (Phi) is 4.63. The first kappa shape index (κ1) is 15.2. The van der Waals surface area contributed by atoms with Crippen LogP contribution in [-0.4, -0.2) is 48.1 Å². The lowest BCUT2D eigenvalue weighted by molar-refractivity contribution is 0.0528. The van der Waals surface area contributed by atoms with Gasteiger partial charge < -0.3 is 9.47 Å². The Hall–Kier alpha value is -2.73. The number of carbonyl (C=O) groups excluding carboxylic acids is 2. The van der Waals surface area contributed by atoms with Crippen molar-refractivity contribution < 1.29 is 19.1 Å². The molecule has 3 rings (SSSR count). The molecule has 1 aromatic carbocycles. The number of pyridine rings is 1. The van der Waals surface area contributed by atoms with Crippen LogP contribution in [-0.2, 0) is 4.74 Å². The number of rotatable bonds is 7. The van der Waals surface area contributed by atoms with Gasteiger partial charge in [-0.25, -0.2) is 0 Å². The molecule has 2 aromatic rings. The van der Waals surface area contributed by atoms with Gasteiger partial charge in [-0.15, -0.1) is 0 Å². The molecule has 6 heteroatoms. The van der Waals surface area contributed by atoms with E-state index in [1.54, 1.807) is 48.8 Å². The number of hydrogen-bond donors (Lipinski definition) is 0. The summed E-state index contributed by atoms with van der Waals surface area (Å²) in [5, 5.41) is 0. The third kappa shape index (κ3) is 3.37. The van der Waals surface area contributed by atoms with Gasteiger partial charge in [0.25, 0.3) is 11.8 Å². The van der Waals surface area contributed by atoms with E-state index < -0.39 is 0 Å². The van der Waals surface area contributed by atoms with Gasteiger partial charge in [0, 0.05) is 12.4 Å². The summed E-state index contributed by atoms with van der Waals surface area (Å²) in [4.78, 5) is 29.4. The van der Waals surface area contributed by atoms with Crippen LogP contribution in [0.3, 0.4) is 0 Å². The minimum Gasteiger partial charge on any atom is -0.491 e. The lowest BCUT2D eigenvalue weighted by Gasteiger charge is -2.14. The maximum Gasteiger partial charge on any atom is 0.261 e. The number of nitrogens with zero attached hydrogens (tertiary/aromatic N) is 2. The van der Waals surface area contributed by atoms with Gasteiger partial charge in [0.05, 0.1) is 30.9 Å². The molecule has 1 aromatic heterocycles. The summed E-state index contributed by atoms with van der Waals surface area (Å²) in [5.41, 5.74) is 0.914. The van der Waals surface area contributed by atoms with E-state index in [0.717, 1.165) is 5.75 Å². The van der Waals surface area contributed by atoms with Crippen molar-refractivity contribution in [3.05, 3.63) is 59.9 Å². The fourth-order valence-electron chi connectivity index (χ4n) is 2.35. The highest BCUT2D eigenvalue weighted by Crippen LogP contribution is 2.21. The van der Waals surface area contributed by atoms with Crippen LogP contribution in [0.1, 0.15) is 20.7 Å². The molecule has 118 valence electrons. The van der Waals surface area contributed by atoms with E-state index in [0.29, 0.717) is 24.3 Å². The van der Waals surface area contributed by atoms with E-state index in [2.05, 4.69) is 4.98 Å². The molecule has 0 N–H and O–H groups in total. The number of aromatic nitrogens is 1. The predicted molar refractivity (Wildman–Crippen MR) is 82.4 cm³/mol. The van der Waals surface area contributed by atoms with Crippen molar-refractivity contribution in [2.24, 2.45) is 0 Å². The highest BCUT2D eigenvalue weighted by atomic mass is 16.5. The highest BCUT2D eigenvalue weighted by Gasteiger charge is 2.34. The molecule has 0 fully saturated rings. The first-order valence-corrected chi connectivity index (χ1v) is 7.33. The van der Waals surface area contributed by atoms with Crippen LogP contribution in [0.25, 0.3) is 0 Å². The summed E-state index contributed by atoms with van der Waals surface area (Å²) in [7, 11) is 0. The molecular formula is C17H16N2O4. The number of imide groups is 1. The van der Waals surface area contributed by atoms with Gasteiger partial charge in [0.1, 0.15) is 12.4 Å². The molecule has 0 saturated carbocycles. The van der Waals surface area contributed by atoms with Crippen LogP contribution in [0, 0.1) is 0 Å². The average Bonchev–Trinajstić information content (AvgIpc) is 2.84. The van der Waals surface area contributed by atoms with Crippen LogP contribution in [0.2, 0.25) is 0 Å². The molecule has 1 aliphatic heterocycles. The smallest absolute Gasteiger partial charge is 0.261 e. The molecular weight excluding hydrogens is 296 g/mol. The molecule has 0 saturated heterocycles. The summed E-state index contributed by atoms with van der Waals surface area (Å²) in [5.74, 6) is 0.202. The van der Waals surface area contributed by atoms with Crippen molar-refractivity contribution >= 4 is 11.8 Å². The Bertz CT molecular complexity index is 668. The molecule has 0 spiro atoms. The number of fused-ring (bicyclic) bond motifs is 1. The molecule has 0 unspecified atom stereocenters. The second-order valence-electron chi connectivity index (χ2n) is 4.95. The van der Waals surface area contributed by atoms with Crippen LogP contribution in [0.5, 0.6) is 5.75 Å². The van der Waals surface area contributed by atoms with Crippen LogP contribution in [0.15, 0.2) is 48.8 Å². The monoisotopic (exact) mass is 312 g/mol. The van der Waals surface area contributed by atoms with Crippen LogP contribution < -0.4 is 4.74 Å². The largest absolute Gasteiger partial charge is 0.491 e. The number of ether oxygens (including phenoxy) is 2. The quantitative estimate of drug-likeness (QED) is 0.576. The minimum absolute atomic E-state index is 0.238. The number of amides is 2. The van der Waals surface area contributed by atoms with E-state index >= 15 is 0 Å². The zero-order chi connectivity index (χ0) is 16.1. The molecule has 0 radical (unpaired) electrons. The summed E-state index contributed by atoms with van der Waals surface area (Å²) < 4.78 is 10.9. The zero-order valence-corrected chi connectivity index (χ0v) is 12.5. The predicted octanol–water partition coefficient (Wildman–Crippen LogP) is 1.77. The van der Waals surface area contributed by atoms with E-state index in [-0.39, 0.29) is 25.0 Å². The molecule has 1 aliphatic rings. The van der Waals surface area contributed by atoms with Crippen molar-refractivity contribution in [1.82, 2.24) is 9.88 Å². The summed E-state index contributed by atoms with van der Waals surface area (Å²) in [6.07, 6.45) is 3.30. The molecule has 0 aliphatic carbocycles. The Labute approximate surface area is 133 Å². The first-order chi connectivity index (χ1) is 11.3. The van der Waals surface area contributed by atoms with Crippen LogP contribution >= 0.6 is 0 Å². The van der Waals surface area contributed by atoms with Gasteiger partial charge in [-0.05, 0) is 24.3 Å².